The van der Waals surface area contributed by atoms with E-state index in [1.54, 1.807) is 13.0 Å². The van der Waals surface area contributed by atoms with E-state index in [0.717, 1.165) is 25.1 Å². The Balaban J connectivity index is 2.58. The van der Waals surface area contributed by atoms with Gasteiger partial charge >= 0.3 is 12.0 Å². The first-order valence-electron chi connectivity index (χ1n) is 7.05. The highest BCUT2D eigenvalue weighted by Gasteiger charge is 2.12. The van der Waals surface area contributed by atoms with Crippen LogP contribution in [0, 0.1) is 13.8 Å². The van der Waals surface area contributed by atoms with Crippen LogP contribution in [0.3, 0.4) is 0 Å². The van der Waals surface area contributed by atoms with Crippen LogP contribution in [0.25, 0.3) is 0 Å². The molecule has 0 aliphatic rings. The van der Waals surface area contributed by atoms with Crippen molar-refractivity contribution >= 4 is 17.7 Å². The minimum Gasteiger partial charge on any atom is -0.478 e. The van der Waals surface area contributed by atoms with Crippen LogP contribution >= 0.6 is 0 Å². The van der Waals surface area contributed by atoms with Crippen molar-refractivity contribution in [3.05, 3.63) is 28.8 Å². The molecule has 0 radical (unpaired) electrons. The fourth-order valence-corrected chi connectivity index (χ4v) is 1.92. The van der Waals surface area contributed by atoms with Crippen molar-refractivity contribution in [2.45, 2.75) is 27.2 Å². The molecular formula is C15H23N3O3. The molecule has 116 valence electrons. The van der Waals surface area contributed by atoms with Gasteiger partial charge in [-0.15, -0.1) is 0 Å². The van der Waals surface area contributed by atoms with Gasteiger partial charge in [0, 0.05) is 12.2 Å². The van der Waals surface area contributed by atoms with E-state index in [-0.39, 0.29) is 11.6 Å². The summed E-state index contributed by atoms with van der Waals surface area (Å²) in [5.74, 6) is -0.995. The van der Waals surface area contributed by atoms with Gasteiger partial charge in [-0.2, -0.15) is 0 Å². The summed E-state index contributed by atoms with van der Waals surface area (Å²) < 4.78 is 0. The highest BCUT2D eigenvalue weighted by molar-refractivity contribution is 5.94. The zero-order valence-electron chi connectivity index (χ0n) is 12.7. The Bertz CT molecular complexity index is 515. The van der Waals surface area contributed by atoms with E-state index in [1.807, 2.05) is 13.8 Å². The third-order valence-corrected chi connectivity index (χ3v) is 3.22. The number of anilines is 1. The maximum absolute atomic E-state index is 11.7. The van der Waals surface area contributed by atoms with Crippen LogP contribution < -0.4 is 16.0 Å². The molecule has 21 heavy (non-hydrogen) atoms. The molecule has 0 atom stereocenters. The number of carbonyl (C=O) groups excluding carboxylic acids is 1. The Hall–Kier alpha value is -2.08. The molecule has 2 amide bonds. The molecular weight excluding hydrogens is 270 g/mol. The predicted octanol–water partition coefficient (Wildman–Crippen LogP) is 2.12. The number of urea groups is 1. The van der Waals surface area contributed by atoms with Crippen LogP contribution in [0.1, 0.15) is 34.8 Å². The van der Waals surface area contributed by atoms with Gasteiger partial charge in [-0.3, -0.25) is 0 Å². The second-order valence-electron chi connectivity index (χ2n) is 4.86. The largest absolute Gasteiger partial charge is 0.478 e. The molecule has 0 bridgehead atoms. The monoisotopic (exact) mass is 293 g/mol. The summed E-state index contributed by atoms with van der Waals surface area (Å²) in [4.78, 5) is 22.9. The van der Waals surface area contributed by atoms with Gasteiger partial charge < -0.3 is 21.1 Å². The molecule has 6 nitrogen and oxygen atoms in total. The molecule has 1 aromatic carbocycles. The normalized spacial score (nSPS) is 10.2. The summed E-state index contributed by atoms with van der Waals surface area (Å²) in [5, 5.41) is 17.7. The summed E-state index contributed by atoms with van der Waals surface area (Å²) in [6.07, 6.45) is 0.842. The first-order valence-corrected chi connectivity index (χ1v) is 7.05. The van der Waals surface area contributed by atoms with Crippen molar-refractivity contribution in [1.29, 1.82) is 0 Å². The average molecular weight is 293 g/mol. The van der Waals surface area contributed by atoms with E-state index < -0.39 is 5.97 Å². The number of amides is 2. The fraction of sp³-hybridized carbons (Fsp3) is 0.467. The summed E-state index contributed by atoms with van der Waals surface area (Å²) in [5.41, 5.74) is 2.23. The number of benzene rings is 1. The van der Waals surface area contributed by atoms with Crippen molar-refractivity contribution in [3.8, 4) is 0 Å². The number of carboxylic acids is 1. The maximum atomic E-state index is 11.7. The molecule has 0 saturated heterocycles. The molecule has 0 heterocycles. The molecule has 0 fully saturated rings. The van der Waals surface area contributed by atoms with Gasteiger partial charge in [-0.05, 0) is 56.6 Å². The van der Waals surface area contributed by atoms with Crippen LogP contribution in [-0.4, -0.2) is 36.7 Å². The Kier molecular flexibility index (Phi) is 6.68. The van der Waals surface area contributed by atoms with E-state index in [1.165, 1.54) is 6.07 Å². The van der Waals surface area contributed by atoms with Gasteiger partial charge in [0.1, 0.15) is 0 Å². The lowest BCUT2D eigenvalue weighted by Gasteiger charge is -2.11. The maximum Gasteiger partial charge on any atom is 0.336 e. The molecule has 0 unspecified atom stereocenters. The van der Waals surface area contributed by atoms with E-state index in [9.17, 15) is 9.59 Å². The first kappa shape index (κ1) is 17.0. The molecule has 4 N–H and O–H groups in total. The average Bonchev–Trinajstić information content (AvgIpc) is 2.42. The molecule has 6 heteroatoms. The van der Waals surface area contributed by atoms with E-state index in [0.29, 0.717) is 17.8 Å². The minimum atomic E-state index is -0.995. The van der Waals surface area contributed by atoms with Crippen LogP contribution in [0.15, 0.2) is 12.1 Å². The number of hydrogen-bond acceptors (Lipinski definition) is 3. The number of aromatic carboxylic acids is 1. The zero-order valence-corrected chi connectivity index (χ0v) is 12.7. The van der Waals surface area contributed by atoms with Gasteiger partial charge in [-0.25, -0.2) is 9.59 Å². The van der Waals surface area contributed by atoms with Gasteiger partial charge in [0.25, 0.3) is 0 Å². The summed E-state index contributed by atoms with van der Waals surface area (Å²) in [6.45, 7) is 7.93. The van der Waals surface area contributed by atoms with E-state index in [2.05, 4.69) is 16.0 Å². The standard InChI is InChI=1S/C15H23N3O3/c1-4-16-6-5-7-17-15(21)18-12-8-10(2)11(3)13(9-12)14(19)20/h8-9,16H,4-7H2,1-3H3,(H,19,20)(H2,17,18,21). The lowest BCUT2D eigenvalue weighted by atomic mass is 10.0. The summed E-state index contributed by atoms with van der Waals surface area (Å²) in [6, 6.07) is 2.91. The second-order valence-corrected chi connectivity index (χ2v) is 4.86. The highest BCUT2D eigenvalue weighted by atomic mass is 16.4. The van der Waals surface area contributed by atoms with Gasteiger partial charge in [-0.1, -0.05) is 6.92 Å². The molecule has 1 aromatic rings. The zero-order chi connectivity index (χ0) is 15.8. The van der Waals surface area contributed by atoms with Crippen molar-refractivity contribution in [2.75, 3.05) is 25.0 Å². The van der Waals surface area contributed by atoms with Crippen LogP contribution in [0.5, 0.6) is 0 Å². The number of nitrogens with one attached hydrogen (secondary N) is 3. The van der Waals surface area contributed by atoms with Gasteiger partial charge in [0.2, 0.25) is 0 Å². The van der Waals surface area contributed by atoms with Crippen molar-refractivity contribution in [1.82, 2.24) is 10.6 Å². The number of aryl methyl sites for hydroxylation is 1. The quantitative estimate of drug-likeness (QED) is 0.580. The Morgan fingerprint density at radius 3 is 2.52 bits per heavy atom. The van der Waals surface area contributed by atoms with Crippen LogP contribution in [-0.2, 0) is 0 Å². The van der Waals surface area contributed by atoms with E-state index >= 15 is 0 Å². The molecule has 0 aromatic heterocycles. The van der Waals surface area contributed by atoms with Crippen LogP contribution in [0.4, 0.5) is 10.5 Å². The Morgan fingerprint density at radius 1 is 1.19 bits per heavy atom. The number of carboxylic acid groups (broad SMARTS) is 1. The van der Waals surface area contributed by atoms with Gasteiger partial charge in [0.15, 0.2) is 0 Å². The topological polar surface area (TPSA) is 90.5 Å². The predicted molar refractivity (Wildman–Crippen MR) is 83.1 cm³/mol. The molecule has 0 spiro atoms. The number of hydrogen-bond donors (Lipinski definition) is 4. The minimum absolute atomic E-state index is 0.206. The second kappa shape index (κ2) is 8.26. The summed E-state index contributed by atoms with van der Waals surface area (Å²) in [7, 11) is 0. The lowest BCUT2D eigenvalue weighted by molar-refractivity contribution is 0.0696. The Morgan fingerprint density at radius 2 is 1.90 bits per heavy atom. The SMILES string of the molecule is CCNCCCNC(=O)Nc1cc(C)c(C)c(C(=O)O)c1. The smallest absolute Gasteiger partial charge is 0.336 e. The van der Waals surface area contributed by atoms with E-state index in [4.69, 9.17) is 5.11 Å². The van der Waals surface area contributed by atoms with Crippen molar-refractivity contribution in [3.63, 3.8) is 0 Å². The van der Waals surface area contributed by atoms with Crippen LogP contribution in [0.2, 0.25) is 0 Å². The lowest BCUT2D eigenvalue weighted by Crippen LogP contribution is -2.31. The molecule has 0 aliphatic carbocycles. The molecule has 0 saturated carbocycles. The summed E-state index contributed by atoms with van der Waals surface area (Å²) >= 11 is 0. The fourth-order valence-electron chi connectivity index (χ4n) is 1.92. The number of carbonyl (C=O) groups is 2. The third-order valence-electron chi connectivity index (χ3n) is 3.22. The molecule has 1 rings (SSSR count). The highest BCUT2D eigenvalue weighted by Crippen LogP contribution is 2.19. The van der Waals surface area contributed by atoms with Crippen molar-refractivity contribution < 1.29 is 14.7 Å². The van der Waals surface area contributed by atoms with Gasteiger partial charge in [0.05, 0.1) is 5.56 Å². The third kappa shape index (κ3) is 5.43. The Labute approximate surface area is 124 Å². The van der Waals surface area contributed by atoms with Crippen molar-refractivity contribution in [2.24, 2.45) is 0 Å². The first-order chi connectivity index (χ1) is 9.95. The number of rotatable bonds is 7. The molecule has 0 aliphatic heterocycles.